The maximum absolute atomic E-state index is 12.8. The van der Waals surface area contributed by atoms with Crippen LogP contribution in [0.5, 0.6) is 0 Å². The number of halogens is 5. The molecule has 2 N–H and O–H groups in total. The number of hydrogen-bond acceptors (Lipinski definition) is 3. The molecule has 0 heterocycles. The van der Waals surface area contributed by atoms with Gasteiger partial charge >= 0.3 is 12.1 Å². The number of carbonyl (C=O) groups is 1. The Morgan fingerprint density at radius 3 is 2.20 bits per heavy atom. The second-order valence-corrected chi connectivity index (χ2v) is 7.24. The number of hydrogen-bond donors (Lipinski definition) is 2. The van der Waals surface area contributed by atoms with E-state index in [1.54, 1.807) is 0 Å². The van der Waals surface area contributed by atoms with Crippen molar-refractivity contribution in [3.05, 3.63) is 57.6 Å². The molecule has 5 nitrogen and oxygen atoms in total. The molecule has 0 bridgehead atoms. The Morgan fingerprint density at radius 2 is 1.64 bits per heavy atom. The van der Waals surface area contributed by atoms with E-state index in [1.807, 2.05) is 4.72 Å². The Hall–Kier alpha value is -1.97. The molecule has 0 unspecified atom stereocenters. The summed E-state index contributed by atoms with van der Waals surface area (Å²) in [7, 11) is -4.34. The molecule has 25 heavy (non-hydrogen) atoms. The largest absolute Gasteiger partial charge is 0.478 e. The average molecular weight is 414 g/mol. The summed E-state index contributed by atoms with van der Waals surface area (Å²) in [4.78, 5) is 10.5. The van der Waals surface area contributed by atoms with E-state index in [-0.39, 0.29) is 10.7 Å². The number of benzene rings is 2. The van der Waals surface area contributed by atoms with E-state index >= 15 is 0 Å². The zero-order chi connectivity index (χ0) is 19.0. The molecule has 11 heteroatoms. The summed E-state index contributed by atoms with van der Waals surface area (Å²) in [5.41, 5.74) is -2.06. The van der Waals surface area contributed by atoms with E-state index in [4.69, 9.17) is 28.3 Å². The van der Waals surface area contributed by atoms with Gasteiger partial charge in [-0.3, -0.25) is 4.72 Å². The van der Waals surface area contributed by atoms with Gasteiger partial charge in [-0.05, 0) is 36.4 Å². The number of alkyl halides is 3. The van der Waals surface area contributed by atoms with Crippen LogP contribution in [0.3, 0.4) is 0 Å². The third-order valence-electron chi connectivity index (χ3n) is 3.00. The van der Waals surface area contributed by atoms with Crippen LogP contribution < -0.4 is 4.72 Å². The molecule has 0 spiro atoms. The molecular formula is C14H8Cl2F3NO4S. The summed E-state index contributed by atoms with van der Waals surface area (Å²) in [6.45, 7) is 0. The lowest BCUT2D eigenvalue weighted by molar-refractivity contribution is -0.137. The number of nitrogens with one attached hydrogen (secondary N) is 1. The number of rotatable bonds is 4. The lowest BCUT2D eigenvalue weighted by atomic mass is 10.2. The van der Waals surface area contributed by atoms with Crippen LogP contribution in [0.15, 0.2) is 41.3 Å². The molecule has 2 rings (SSSR count). The van der Waals surface area contributed by atoms with Crippen LogP contribution in [0, 0.1) is 0 Å². The SMILES string of the molecule is O=C(O)c1cc(S(=O)(=O)Nc2ccc(Cl)c(C(F)(F)F)c2)ccc1Cl. The molecule has 2 aromatic rings. The van der Waals surface area contributed by atoms with E-state index in [2.05, 4.69) is 0 Å². The van der Waals surface area contributed by atoms with E-state index in [0.717, 1.165) is 30.3 Å². The normalized spacial score (nSPS) is 12.0. The van der Waals surface area contributed by atoms with Crippen molar-refractivity contribution in [3.8, 4) is 0 Å². The Labute approximate surface area is 150 Å². The Kier molecular flexibility index (Phi) is 5.22. The quantitative estimate of drug-likeness (QED) is 0.771. The predicted octanol–water partition coefficient (Wildman–Crippen LogP) is 4.51. The molecule has 0 amide bonds. The van der Waals surface area contributed by atoms with Gasteiger partial charge in [-0.2, -0.15) is 13.2 Å². The molecule has 0 fully saturated rings. The molecule has 0 radical (unpaired) electrons. The lowest BCUT2D eigenvalue weighted by Gasteiger charge is -2.13. The third-order valence-corrected chi connectivity index (χ3v) is 5.04. The van der Waals surface area contributed by atoms with Gasteiger partial charge in [0.1, 0.15) is 0 Å². The smallest absolute Gasteiger partial charge is 0.417 e. The lowest BCUT2D eigenvalue weighted by Crippen LogP contribution is -2.15. The fraction of sp³-hybridized carbons (Fsp3) is 0.0714. The first kappa shape index (κ1) is 19.4. The maximum Gasteiger partial charge on any atom is 0.417 e. The molecule has 0 aliphatic rings. The number of carboxylic acids is 1. The number of anilines is 1. The third kappa shape index (κ3) is 4.36. The van der Waals surface area contributed by atoms with Gasteiger partial charge < -0.3 is 5.11 Å². The number of carboxylic acid groups (broad SMARTS) is 1. The zero-order valence-electron chi connectivity index (χ0n) is 11.9. The van der Waals surface area contributed by atoms with Gasteiger partial charge in [0.05, 0.1) is 26.1 Å². The molecule has 0 aromatic heterocycles. The van der Waals surface area contributed by atoms with Crippen molar-refractivity contribution in [1.82, 2.24) is 0 Å². The molecule has 0 saturated carbocycles. The van der Waals surface area contributed by atoms with Crippen molar-refractivity contribution in [2.24, 2.45) is 0 Å². The highest BCUT2D eigenvalue weighted by atomic mass is 35.5. The maximum atomic E-state index is 12.8. The summed E-state index contributed by atoms with van der Waals surface area (Å²) >= 11 is 11.1. The highest BCUT2D eigenvalue weighted by molar-refractivity contribution is 7.92. The number of aromatic carboxylic acids is 1. The minimum Gasteiger partial charge on any atom is -0.478 e. The molecule has 2 aromatic carbocycles. The van der Waals surface area contributed by atoms with Gasteiger partial charge in [0.2, 0.25) is 0 Å². The van der Waals surface area contributed by atoms with Crippen LogP contribution in [0.1, 0.15) is 15.9 Å². The summed E-state index contributed by atoms with van der Waals surface area (Å²) in [5.74, 6) is -1.45. The van der Waals surface area contributed by atoms with Crippen molar-refractivity contribution in [1.29, 1.82) is 0 Å². The van der Waals surface area contributed by atoms with Gasteiger partial charge in [0.15, 0.2) is 0 Å². The summed E-state index contributed by atoms with van der Waals surface area (Å²) in [6, 6.07) is 5.36. The van der Waals surface area contributed by atoms with Crippen molar-refractivity contribution in [3.63, 3.8) is 0 Å². The molecule has 0 atom stereocenters. The van der Waals surface area contributed by atoms with Crippen molar-refractivity contribution < 1.29 is 31.5 Å². The monoisotopic (exact) mass is 413 g/mol. The predicted molar refractivity (Wildman–Crippen MR) is 85.7 cm³/mol. The van der Waals surface area contributed by atoms with E-state index in [9.17, 15) is 26.4 Å². The fourth-order valence-electron chi connectivity index (χ4n) is 1.86. The van der Waals surface area contributed by atoms with Crippen molar-refractivity contribution >= 4 is 44.9 Å². The molecule has 0 saturated heterocycles. The topological polar surface area (TPSA) is 83.5 Å². The molecule has 0 aliphatic carbocycles. The first-order chi connectivity index (χ1) is 11.4. The molecular weight excluding hydrogens is 406 g/mol. The Morgan fingerprint density at radius 1 is 1.04 bits per heavy atom. The minimum absolute atomic E-state index is 0.183. The summed E-state index contributed by atoms with van der Waals surface area (Å²) < 4.78 is 65.0. The molecule has 0 aliphatic heterocycles. The second kappa shape index (κ2) is 6.74. The van der Waals surface area contributed by atoms with Crippen LogP contribution in [0.4, 0.5) is 18.9 Å². The standard InChI is InChI=1S/C14H8Cl2F3NO4S/c15-11-4-2-8(6-9(11)13(21)22)25(23,24)20-7-1-3-12(16)10(5-7)14(17,18)19/h1-6,20H,(H,21,22). The highest BCUT2D eigenvalue weighted by Crippen LogP contribution is 2.36. The van der Waals surface area contributed by atoms with Crippen molar-refractivity contribution in [2.45, 2.75) is 11.1 Å². The van der Waals surface area contributed by atoms with E-state index < -0.39 is 43.2 Å². The van der Waals surface area contributed by atoms with Crippen LogP contribution in [-0.4, -0.2) is 19.5 Å². The first-order valence-corrected chi connectivity index (χ1v) is 8.58. The van der Waals surface area contributed by atoms with E-state index in [1.165, 1.54) is 0 Å². The second-order valence-electron chi connectivity index (χ2n) is 4.74. The van der Waals surface area contributed by atoms with Gasteiger partial charge in [-0.15, -0.1) is 0 Å². The van der Waals surface area contributed by atoms with E-state index in [0.29, 0.717) is 6.07 Å². The van der Waals surface area contributed by atoms with Crippen molar-refractivity contribution in [2.75, 3.05) is 4.72 Å². The van der Waals surface area contributed by atoms with Crippen LogP contribution in [0.25, 0.3) is 0 Å². The first-order valence-electron chi connectivity index (χ1n) is 6.34. The Bertz CT molecular complexity index is 946. The summed E-state index contributed by atoms with van der Waals surface area (Å²) in [5, 5.41) is 8.19. The average Bonchev–Trinajstić information content (AvgIpc) is 2.47. The molecule has 134 valence electrons. The number of sulfonamides is 1. The highest BCUT2D eigenvalue weighted by Gasteiger charge is 2.33. The summed E-state index contributed by atoms with van der Waals surface area (Å²) in [6.07, 6.45) is -4.77. The van der Waals surface area contributed by atoms with Crippen LogP contribution >= 0.6 is 23.2 Å². The minimum atomic E-state index is -4.77. The van der Waals surface area contributed by atoms with Gasteiger partial charge in [-0.25, -0.2) is 13.2 Å². The zero-order valence-corrected chi connectivity index (χ0v) is 14.3. The van der Waals surface area contributed by atoms with Gasteiger partial charge in [0.25, 0.3) is 10.0 Å². The van der Waals surface area contributed by atoms with Gasteiger partial charge in [-0.1, -0.05) is 23.2 Å². The van der Waals surface area contributed by atoms with Gasteiger partial charge in [0, 0.05) is 5.69 Å². The van der Waals surface area contributed by atoms with Crippen LogP contribution in [-0.2, 0) is 16.2 Å². The Balaban J connectivity index is 2.43. The van der Waals surface area contributed by atoms with Crippen LogP contribution in [0.2, 0.25) is 10.0 Å². The fourth-order valence-corrected chi connectivity index (χ4v) is 3.35.